The van der Waals surface area contributed by atoms with Crippen LogP contribution < -0.4 is 5.32 Å². The molecule has 0 saturated heterocycles. The van der Waals surface area contributed by atoms with Gasteiger partial charge < -0.3 is 5.32 Å². The van der Waals surface area contributed by atoms with Crippen molar-refractivity contribution in [3.63, 3.8) is 0 Å². The number of benzene rings is 1. The Morgan fingerprint density at radius 1 is 1.35 bits per heavy atom. The third-order valence-corrected chi connectivity index (χ3v) is 4.19. The fourth-order valence-corrected chi connectivity index (χ4v) is 2.58. The second-order valence-electron chi connectivity index (χ2n) is 4.35. The maximum Gasteiger partial charge on any atom is 0.253 e. The minimum absolute atomic E-state index is 0.210. The van der Waals surface area contributed by atoms with Crippen LogP contribution in [0, 0.1) is 0 Å². The first-order valence-electron chi connectivity index (χ1n) is 5.40. The smallest absolute Gasteiger partial charge is 0.253 e. The zero-order chi connectivity index (χ0) is 12.5. The number of hydrogen-bond donors (Lipinski definition) is 1. The average molecular weight is 293 g/mol. The molecule has 0 unspecified atom stereocenters. The van der Waals surface area contributed by atoms with Crippen LogP contribution in [0.2, 0.25) is 10.0 Å². The van der Waals surface area contributed by atoms with Gasteiger partial charge in [0.1, 0.15) is 0 Å². The van der Waals surface area contributed by atoms with Crippen LogP contribution in [0.1, 0.15) is 29.6 Å². The molecule has 0 heterocycles. The van der Waals surface area contributed by atoms with E-state index in [1.165, 1.54) is 0 Å². The maximum absolute atomic E-state index is 12.1. The van der Waals surface area contributed by atoms with Crippen molar-refractivity contribution >= 4 is 40.7 Å². The summed E-state index contributed by atoms with van der Waals surface area (Å²) in [4.78, 5) is 12.1. The SMILES string of the molecule is O=C(NC1(CCl)CCC1)c1cc(Cl)ccc1Cl. The lowest BCUT2D eigenvalue weighted by Gasteiger charge is -2.41. The van der Waals surface area contributed by atoms with Crippen LogP contribution >= 0.6 is 34.8 Å². The van der Waals surface area contributed by atoms with E-state index in [-0.39, 0.29) is 11.4 Å². The Labute approximate surface area is 115 Å². The summed E-state index contributed by atoms with van der Waals surface area (Å²) in [5.74, 6) is 0.217. The van der Waals surface area contributed by atoms with E-state index in [4.69, 9.17) is 34.8 Å². The maximum atomic E-state index is 12.1. The van der Waals surface area contributed by atoms with Gasteiger partial charge in [0.2, 0.25) is 0 Å². The van der Waals surface area contributed by atoms with E-state index < -0.39 is 0 Å². The van der Waals surface area contributed by atoms with Crippen molar-refractivity contribution < 1.29 is 4.79 Å². The molecule has 0 aliphatic heterocycles. The van der Waals surface area contributed by atoms with Crippen molar-refractivity contribution in [3.05, 3.63) is 33.8 Å². The predicted octanol–water partition coefficient (Wildman–Crippen LogP) is 3.88. The van der Waals surface area contributed by atoms with E-state index >= 15 is 0 Å². The second-order valence-corrected chi connectivity index (χ2v) is 5.46. The molecular weight excluding hydrogens is 280 g/mol. The molecule has 0 spiro atoms. The quantitative estimate of drug-likeness (QED) is 0.842. The lowest BCUT2D eigenvalue weighted by Crippen LogP contribution is -2.55. The molecule has 1 amide bonds. The fraction of sp³-hybridized carbons (Fsp3) is 0.417. The summed E-state index contributed by atoms with van der Waals surface area (Å²) in [6.45, 7) is 0. The molecule has 0 aromatic heterocycles. The number of amides is 1. The second kappa shape index (κ2) is 5.05. The van der Waals surface area contributed by atoms with Gasteiger partial charge in [0, 0.05) is 10.9 Å². The largest absolute Gasteiger partial charge is 0.345 e. The van der Waals surface area contributed by atoms with Gasteiger partial charge in [-0.2, -0.15) is 0 Å². The number of alkyl halides is 1. The Hall–Kier alpha value is -0.440. The van der Waals surface area contributed by atoms with E-state index in [1.54, 1.807) is 18.2 Å². The number of halogens is 3. The molecular formula is C12H12Cl3NO. The molecule has 0 radical (unpaired) electrons. The van der Waals surface area contributed by atoms with Crippen LogP contribution in [-0.4, -0.2) is 17.3 Å². The van der Waals surface area contributed by atoms with Gasteiger partial charge in [0.15, 0.2) is 0 Å². The van der Waals surface area contributed by atoms with E-state index in [2.05, 4.69) is 5.32 Å². The number of nitrogens with one attached hydrogen (secondary N) is 1. The third-order valence-electron chi connectivity index (χ3n) is 3.12. The molecule has 1 fully saturated rings. The van der Waals surface area contributed by atoms with E-state index in [9.17, 15) is 4.79 Å². The molecule has 0 bridgehead atoms. The van der Waals surface area contributed by atoms with Crippen LogP contribution in [0.15, 0.2) is 18.2 Å². The number of carbonyl (C=O) groups is 1. The molecule has 5 heteroatoms. The average Bonchev–Trinajstić information content (AvgIpc) is 2.26. The highest BCUT2D eigenvalue weighted by molar-refractivity contribution is 6.35. The van der Waals surface area contributed by atoms with Gasteiger partial charge in [0.05, 0.1) is 16.1 Å². The Morgan fingerprint density at radius 2 is 2.06 bits per heavy atom. The first-order chi connectivity index (χ1) is 8.06. The standard InChI is InChI=1S/C12H12Cl3NO/c13-7-12(4-1-5-12)16-11(17)9-6-8(14)2-3-10(9)15/h2-3,6H,1,4-5,7H2,(H,16,17). The minimum Gasteiger partial charge on any atom is -0.345 e. The van der Waals surface area contributed by atoms with Crippen molar-refractivity contribution in [3.8, 4) is 0 Å². The van der Waals surface area contributed by atoms with Gasteiger partial charge in [0.25, 0.3) is 5.91 Å². The van der Waals surface area contributed by atoms with Crippen molar-refractivity contribution in [2.24, 2.45) is 0 Å². The zero-order valence-corrected chi connectivity index (χ0v) is 11.4. The van der Waals surface area contributed by atoms with E-state index in [1.807, 2.05) is 0 Å². The molecule has 1 N–H and O–H groups in total. The highest BCUT2D eigenvalue weighted by Gasteiger charge is 2.37. The molecule has 0 atom stereocenters. The van der Waals surface area contributed by atoms with Gasteiger partial charge in [-0.1, -0.05) is 23.2 Å². The Morgan fingerprint density at radius 3 is 2.59 bits per heavy atom. The Bertz CT molecular complexity index is 438. The lowest BCUT2D eigenvalue weighted by molar-refractivity contribution is 0.0854. The first kappa shape index (κ1) is 13.0. The van der Waals surface area contributed by atoms with Crippen LogP contribution in [0.25, 0.3) is 0 Å². The Balaban J connectivity index is 2.17. The molecule has 1 aromatic rings. The molecule has 17 heavy (non-hydrogen) atoms. The molecule has 2 nitrogen and oxygen atoms in total. The minimum atomic E-state index is -0.260. The number of rotatable bonds is 3. The molecule has 92 valence electrons. The first-order valence-corrected chi connectivity index (χ1v) is 6.69. The molecule has 2 rings (SSSR count). The van der Waals surface area contributed by atoms with Gasteiger partial charge in [-0.25, -0.2) is 0 Å². The summed E-state index contributed by atoms with van der Waals surface area (Å²) in [5, 5.41) is 3.84. The predicted molar refractivity (Wildman–Crippen MR) is 71.2 cm³/mol. The summed E-state index contributed by atoms with van der Waals surface area (Å²) in [7, 11) is 0. The van der Waals surface area contributed by atoms with Crippen LogP contribution in [0.4, 0.5) is 0 Å². The van der Waals surface area contributed by atoms with Gasteiger partial charge in [-0.15, -0.1) is 11.6 Å². The van der Waals surface area contributed by atoms with Crippen LogP contribution in [0.3, 0.4) is 0 Å². The van der Waals surface area contributed by atoms with Crippen molar-refractivity contribution in [2.45, 2.75) is 24.8 Å². The number of carbonyl (C=O) groups excluding carboxylic acids is 1. The normalized spacial score (nSPS) is 17.4. The van der Waals surface area contributed by atoms with Crippen molar-refractivity contribution in [1.29, 1.82) is 0 Å². The molecule has 1 aliphatic carbocycles. The summed E-state index contributed by atoms with van der Waals surface area (Å²) in [6.07, 6.45) is 2.93. The fourth-order valence-electron chi connectivity index (χ4n) is 1.88. The monoisotopic (exact) mass is 291 g/mol. The van der Waals surface area contributed by atoms with Crippen LogP contribution in [0.5, 0.6) is 0 Å². The topological polar surface area (TPSA) is 29.1 Å². The highest BCUT2D eigenvalue weighted by atomic mass is 35.5. The van der Waals surface area contributed by atoms with Crippen molar-refractivity contribution in [2.75, 3.05) is 5.88 Å². The van der Waals surface area contributed by atoms with E-state index in [0.717, 1.165) is 19.3 Å². The molecule has 1 aromatic carbocycles. The molecule has 1 saturated carbocycles. The van der Waals surface area contributed by atoms with E-state index in [0.29, 0.717) is 21.5 Å². The Kier molecular flexibility index (Phi) is 3.86. The summed E-state index contributed by atoms with van der Waals surface area (Å²) in [6, 6.07) is 4.84. The highest BCUT2D eigenvalue weighted by Crippen LogP contribution is 2.33. The zero-order valence-electron chi connectivity index (χ0n) is 9.10. The third kappa shape index (κ3) is 2.70. The summed E-state index contributed by atoms with van der Waals surface area (Å²) in [5.41, 5.74) is 0.139. The van der Waals surface area contributed by atoms with Gasteiger partial charge in [-0.05, 0) is 37.5 Å². The number of hydrogen-bond acceptors (Lipinski definition) is 1. The summed E-state index contributed by atoms with van der Waals surface area (Å²) < 4.78 is 0. The summed E-state index contributed by atoms with van der Waals surface area (Å²) >= 11 is 17.7. The lowest BCUT2D eigenvalue weighted by atomic mass is 9.78. The molecule has 1 aliphatic rings. The van der Waals surface area contributed by atoms with Gasteiger partial charge in [-0.3, -0.25) is 4.79 Å². The van der Waals surface area contributed by atoms with Gasteiger partial charge >= 0.3 is 0 Å². The van der Waals surface area contributed by atoms with Crippen molar-refractivity contribution in [1.82, 2.24) is 5.32 Å². The van der Waals surface area contributed by atoms with Crippen LogP contribution in [-0.2, 0) is 0 Å².